The summed E-state index contributed by atoms with van der Waals surface area (Å²) in [6.07, 6.45) is 0. The lowest BCUT2D eigenvalue weighted by molar-refractivity contribution is 0.0986. The van der Waals surface area contributed by atoms with Crippen molar-refractivity contribution in [3.05, 3.63) is 42.2 Å². The molecular formula is C10H3BrO2S2. The SMILES string of the molecule is O=C1c2cc(Br)sc2C(=O)c2ccsc21. The fourth-order valence-corrected chi connectivity index (χ4v) is 4.00. The monoisotopic (exact) mass is 298 g/mol. The van der Waals surface area contributed by atoms with Crippen molar-refractivity contribution in [3.8, 4) is 0 Å². The predicted octanol–water partition coefficient (Wildman–Crippen LogP) is 3.35. The van der Waals surface area contributed by atoms with Crippen molar-refractivity contribution in [2.75, 3.05) is 0 Å². The summed E-state index contributed by atoms with van der Waals surface area (Å²) in [4.78, 5) is 25.1. The molecule has 1 aliphatic carbocycles. The first-order valence-electron chi connectivity index (χ1n) is 4.14. The maximum absolute atomic E-state index is 12.0. The lowest BCUT2D eigenvalue weighted by atomic mass is 9.96. The number of ketones is 2. The molecule has 0 N–H and O–H groups in total. The highest BCUT2D eigenvalue weighted by Gasteiger charge is 2.32. The van der Waals surface area contributed by atoms with Gasteiger partial charge in [-0.2, -0.15) is 0 Å². The Morgan fingerprint density at radius 2 is 1.80 bits per heavy atom. The van der Waals surface area contributed by atoms with Crippen molar-refractivity contribution in [2.45, 2.75) is 0 Å². The Hall–Kier alpha value is -0.780. The first kappa shape index (κ1) is 9.45. The van der Waals surface area contributed by atoms with Crippen molar-refractivity contribution < 1.29 is 9.59 Å². The molecule has 0 bridgehead atoms. The van der Waals surface area contributed by atoms with Crippen molar-refractivity contribution in [3.63, 3.8) is 0 Å². The first-order chi connectivity index (χ1) is 7.18. The average Bonchev–Trinajstić information content (AvgIpc) is 2.79. The van der Waals surface area contributed by atoms with Crippen LogP contribution in [-0.2, 0) is 0 Å². The quantitative estimate of drug-likeness (QED) is 0.638. The highest BCUT2D eigenvalue weighted by atomic mass is 79.9. The summed E-state index contributed by atoms with van der Waals surface area (Å²) < 4.78 is 0.823. The number of rotatable bonds is 0. The van der Waals surface area contributed by atoms with E-state index in [0.717, 1.165) is 3.79 Å². The molecule has 0 aromatic carbocycles. The zero-order valence-electron chi connectivity index (χ0n) is 7.24. The second-order valence-electron chi connectivity index (χ2n) is 3.11. The first-order valence-corrected chi connectivity index (χ1v) is 6.63. The van der Waals surface area contributed by atoms with Crippen molar-refractivity contribution in [1.82, 2.24) is 0 Å². The van der Waals surface area contributed by atoms with Gasteiger partial charge in [-0.3, -0.25) is 9.59 Å². The normalized spacial score (nSPS) is 13.9. The number of hydrogen-bond donors (Lipinski definition) is 0. The Morgan fingerprint density at radius 3 is 2.60 bits per heavy atom. The van der Waals surface area contributed by atoms with Gasteiger partial charge in [-0.15, -0.1) is 22.7 Å². The van der Waals surface area contributed by atoms with Gasteiger partial charge >= 0.3 is 0 Å². The van der Waals surface area contributed by atoms with E-state index in [4.69, 9.17) is 0 Å². The van der Waals surface area contributed by atoms with Crippen LogP contribution < -0.4 is 0 Å². The van der Waals surface area contributed by atoms with Crippen LogP contribution in [0.1, 0.15) is 30.5 Å². The minimum atomic E-state index is -0.0310. The smallest absolute Gasteiger partial charge is 0.205 e. The summed E-state index contributed by atoms with van der Waals surface area (Å²) in [6.45, 7) is 0. The highest BCUT2D eigenvalue weighted by molar-refractivity contribution is 9.11. The standard InChI is InChI=1S/C10H3BrO2S2/c11-6-3-5-8(13)9-4(1-2-14-9)7(12)10(5)15-6/h1-3H. The van der Waals surface area contributed by atoms with Crippen LogP contribution in [0.3, 0.4) is 0 Å². The zero-order chi connectivity index (χ0) is 10.6. The van der Waals surface area contributed by atoms with E-state index >= 15 is 0 Å². The van der Waals surface area contributed by atoms with Crippen LogP contribution in [-0.4, -0.2) is 11.6 Å². The van der Waals surface area contributed by atoms with Crippen LogP contribution in [0.15, 0.2) is 21.3 Å². The van der Waals surface area contributed by atoms with Crippen LogP contribution in [0.2, 0.25) is 0 Å². The number of hydrogen-bond acceptors (Lipinski definition) is 4. The van der Waals surface area contributed by atoms with Gasteiger partial charge < -0.3 is 0 Å². The fraction of sp³-hybridized carbons (Fsp3) is 0. The predicted molar refractivity (Wildman–Crippen MR) is 63.2 cm³/mol. The van der Waals surface area contributed by atoms with Gasteiger partial charge in [0.2, 0.25) is 11.6 Å². The third-order valence-electron chi connectivity index (χ3n) is 2.27. The average molecular weight is 299 g/mol. The van der Waals surface area contributed by atoms with Crippen LogP contribution >= 0.6 is 38.6 Å². The Kier molecular flexibility index (Phi) is 1.95. The van der Waals surface area contributed by atoms with Crippen molar-refractivity contribution in [1.29, 1.82) is 0 Å². The molecule has 2 aromatic rings. The van der Waals surface area contributed by atoms with E-state index in [1.807, 2.05) is 0 Å². The molecule has 0 saturated heterocycles. The summed E-state index contributed by atoms with van der Waals surface area (Å²) in [5.41, 5.74) is 1.08. The number of carbonyl (C=O) groups excluding carboxylic acids is 2. The van der Waals surface area contributed by atoms with E-state index in [9.17, 15) is 9.59 Å². The van der Waals surface area contributed by atoms with Crippen LogP contribution in [0.5, 0.6) is 0 Å². The van der Waals surface area contributed by atoms with E-state index in [1.165, 1.54) is 22.7 Å². The molecule has 0 saturated carbocycles. The van der Waals surface area contributed by atoms with Crippen molar-refractivity contribution >= 4 is 50.2 Å². The zero-order valence-corrected chi connectivity index (χ0v) is 10.5. The third-order valence-corrected chi connectivity index (χ3v) is 4.82. The minimum absolute atomic E-state index is 0.0310. The van der Waals surface area contributed by atoms with E-state index in [1.54, 1.807) is 17.5 Å². The van der Waals surface area contributed by atoms with Crippen LogP contribution in [0.25, 0.3) is 0 Å². The van der Waals surface area contributed by atoms with Gasteiger partial charge in [0.05, 0.1) is 13.5 Å². The van der Waals surface area contributed by atoms with Gasteiger partial charge in [0.1, 0.15) is 0 Å². The molecule has 2 heterocycles. The highest BCUT2D eigenvalue weighted by Crippen LogP contribution is 2.37. The van der Waals surface area contributed by atoms with E-state index in [2.05, 4.69) is 15.9 Å². The maximum Gasteiger partial charge on any atom is 0.205 e. The van der Waals surface area contributed by atoms with Gasteiger partial charge in [-0.1, -0.05) is 0 Å². The van der Waals surface area contributed by atoms with Gasteiger partial charge in [0.15, 0.2) is 0 Å². The Bertz CT molecular complexity index is 546. The fourth-order valence-electron chi connectivity index (χ4n) is 1.61. The van der Waals surface area contributed by atoms with Crippen molar-refractivity contribution in [2.24, 2.45) is 0 Å². The van der Waals surface area contributed by atoms with Crippen LogP contribution in [0.4, 0.5) is 0 Å². The summed E-state index contributed by atoms with van der Waals surface area (Å²) in [5, 5.41) is 1.78. The van der Waals surface area contributed by atoms with E-state index < -0.39 is 0 Å². The van der Waals surface area contributed by atoms with Gasteiger partial charge in [0, 0.05) is 11.1 Å². The second-order valence-corrected chi connectivity index (χ2v) is 6.46. The third kappa shape index (κ3) is 1.20. The molecule has 2 nitrogen and oxygen atoms in total. The Balaban J connectivity index is 2.34. The molecule has 0 atom stereocenters. The second kappa shape index (κ2) is 3.10. The van der Waals surface area contributed by atoms with E-state index in [-0.39, 0.29) is 11.6 Å². The molecule has 74 valence electrons. The molecule has 15 heavy (non-hydrogen) atoms. The van der Waals surface area contributed by atoms with Gasteiger partial charge in [-0.05, 0) is 33.4 Å². The molecular weight excluding hydrogens is 296 g/mol. The molecule has 0 unspecified atom stereocenters. The summed E-state index contributed by atoms with van der Waals surface area (Å²) >= 11 is 5.95. The summed E-state index contributed by atoms with van der Waals surface area (Å²) in [7, 11) is 0. The molecule has 0 amide bonds. The molecule has 1 aliphatic rings. The number of thiophene rings is 2. The minimum Gasteiger partial charge on any atom is -0.288 e. The lowest BCUT2D eigenvalue weighted by Gasteiger charge is -2.08. The maximum atomic E-state index is 12.0. The molecule has 5 heteroatoms. The van der Waals surface area contributed by atoms with Crippen LogP contribution in [0, 0.1) is 0 Å². The number of halogens is 1. The number of carbonyl (C=O) groups is 2. The largest absolute Gasteiger partial charge is 0.288 e. The molecule has 0 radical (unpaired) electrons. The molecule has 3 rings (SSSR count). The summed E-state index contributed by atoms with van der Waals surface area (Å²) in [6, 6.07) is 3.44. The van der Waals surface area contributed by atoms with Gasteiger partial charge in [-0.25, -0.2) is 0 Å². The molecule has 2 aromatic heterocycles. The Morgan fingerprint density at radius 1 is 1.07 bits per heavy atom. The molecule has 0 spiro atoms. The molecule has 0 fully saturated rings. The molecule has 0 aliphatic heterocycles. The topological polar surface area (TPSA) is 34.1 Å². The lowest BCUT2D eigenvalue weighted by Crippen LogP contribution is -2.15. The Labute approximate surface area is 102 Å². The van der Waals surface area contributed by atoms with E-state index in [0.29, 0.717) is 20.9 Å². The van der Waals surface area contributed by atoms with Gasteiger partial charge in [0.25, 0.3) is 0 Å². The number of fused-ring (bicyclic) bond motifs is 2. The summed E-state index contributed by atoms with van der Waals surface area (Å²) in [5.74, 6) is -0.0619.